The number of amides is 1. The molecule has 2 aliphatic heterocycles. The quantitative estimate of drug-likeness (QED) is 0.840. The van der Waals surface area contributed by atoms with Gasteiger partial charge in [-0.3, -0.25) is 9.69 Å². The van der Waals surface area contributed by atoms with Crippen molar-refractivity contribution in [3.63, 3.8) is 0 Å². The van der Waals surface area contributed by atoms with Gasteiger partial charge in [0.25, 0.3) is 5.91 Å². The minimum absolute atomic E-state index is 0.144. The van der Waals surface area contributed by atoms with Crippen molar-refractivity contribution in [3.05, 3.63) is 35.6 Å². The van der Waals surface area contributed by atoms with Gasteiger partial charge in [-0.1, -0.05) is 12.1 Å². The number of hydrogen-bond acceptors (Lipinski definition) is 4. The molecule has 0 unspecified atom stereocenters. The first-order valence-corrected chi connectivity index (χ1v) is 8.09. The highest BCUT2D eigenvalue weighted by atomic mass is 19.1. The molecule has 2 heterocycles. The van der Waals surface area contributed by atoms with Crippen molar-refractivity contribution >= 4 is 5.91 Å². The number of halogens is 1. The van der Waals surface area contributed by atoms with Crippen LogP contribution in [0.2, 0.25) is 0 Å². The van der Waals surface area contributed by atoms with Crippen LogP contribution in [0.3, 0.4) is 0 Å². The van der Waals surface area contributed by atoms with Crippen molar-refractivity contribution in [2.24, 2.45) is 0 Å². The van der Waals surface area contributed by atoms with Gasteiger partial charge in [0.15, 0.2) is 0 Å². The number of ether oxygens (including phenoxy) is 2. The second kappa shape index (κ2) is 7.38. The highest BCUT2D eigenvalue weighted by molar-refractivity contribution is 5.94. The highest BCUT2D eigenvalue weighted by Gasteiger charge is 2.38. The van der Waals surface area contributed by atoms with Gasteiger partial charge >= 0.3 is 0 Å². The molecule has 0 aromatic heterocycles. The molecule has 0 aliphatic carbocycles. The number of piperidine rings is 1. The van der Waals surface area contributed by atoms with E-state index in [2.05, 4.69) is 4.90 Å². The van der Waals surface area contributed by atoms with Gasteiger partial charge in [-0.05, 0) is 18.6 Å². The van der Waals surface area contributed by atoms with Gasteiger partial charge < -0.3 is 14.4 Å². The molecule has 0 spiro atoms. The van der Waals surface area contributed by atoms with Crippen LogP contribution in [0.4, 0.5) is 4.39 Å². The number of likely N-dealkylation sites (tertiary alicyclic amines) is 1. The fourth-order valence-electron chi connectivity index (χ4n) is 3.42. The van der Waals surface area contributed by atoms with E-state index in [1.807, 2.05) is 0 Å². The van der Waals surface area contributed by atoms with Crippen LogP contribution in [-0.2, 0) is 9.47 Å². The van der Waals surface area contributed by atoms with Crippen LogP contribution < -0.4 is 0 Å². The van der Waals surface area contributed by atoms with Crippen molar-refractivity contribution in [3.8, 4) is 0 Å². The van der Waals surface area contributed by atoms with E-state index in [0.717, 1.165) is 19.5 Å². The summed E-state index contributed by atoms with van der Waals surface area (Å²) < 4.78 is 24.9. The summed E-state index contributed by atoms with van der Waals surface area (Å²) in [6.45, 7) is 4.21. The molecule has 3 rings (SSSR count). The van der Waals surface area contributed by atoms with Crippen LogP contribution >= 0.6 is 0 Å². The SMILES string of the molecule is COCCN1CCO[C@H]2CCN(C(=O)c3ccccc3F)C[C@@H]21. The molecular weight excluding hydrogens is 299 g/mol. The molecule has 1 aromatic carbocycles. The monoisotopic (exact) mass is 322 g/mol. The second-order valence-electron chi connectivity index (χ2n) is 6.03. The maximum atomic E-state index is 13.9. The topological polar surface area (TPSA) is 42.0 Å². The molecule has 126 valence electrons. The predicted molar refractivity (Wildman–Crippen MR) is 83.9 cm³/mol. The first-order chi connectivity index (χ1) is 11.2. The molecule has 2 atom stereocenters. The number of rotatable bonds is 4. The van der Waals surface area contributed by atoms with Gasteiger partial charge in [-0.25, -0.2) is 4.39 Å². The number of fused-ring (bicyclic) bond motifs is 1. The van der Waals surface area contributed by atoms with Crippen LogP contribution in [0.15, 0.2) is 24.3 Å². The maximum absolute atomic E-state index is 13.9. The first-order valence-electron chi connectivity index (χ1n) is 8.09. The van der Waals surface area contributed by atoms with E-state index in [0.29, 0.717) is 26.3 Å². The number of nitrogens with zero attached hydrogens (tertiary/aromatic N) is 2. The molecule has 23 heavy (non-hydrogen) atoms. The molecule has 0 radical (unpaired) electrons. The maximum Gasteiger partial charge on any atom is 0.256 e. The van der Waals surface area contributed by atoms with E-state index >= 15 is 0 Å². The molecule has 0 saturated carbocycles. The zero-order valence-electron chi connectivity index (χ0n) is 13.4. The lowest BCUT2D eigenvalue weighted by molar-refractivity contribution is -0.101. The van der Waals surface area contributed by atoms with Gasteiger partial charge in [0.05, 0.1) is 30.9 Å². The predicted octanol–water partition coefficient (Wildman–Crippen LogP) is 1.39. The third-order valence-corrected chi connectivity index (χ3v) is 4.67. The minimum atomic E-state index is -0.462. The summed E-state index contributed by atoms with van der Waals surface area (Å²) in [7, 11) is 1.69. The Kier molecular flexibility index (Phi) is 5.25. The van der Waals surface area contributed by atoms with Crippen LogP contribution in [0, 0.1) is 5.82 Å². The summed E-state index contributed by atoms with van der Waals surface area (Å²) in [6.07, 6.45) is 0.930. The summed E-state index contributed by atoms with van der Waals surface area (Å²) in [6, 6.07) is 6.32. The Bertz CT molecular complexity index is 554. The first kappa shape index (κ1) is 16.4. The Morgan fingerprint density at radius 3 is 3.00 bits per heavy atom. The smallest absolute Gasteiger partial charge is 0.256 e. The van der Waals surface area contributed by atoms with Gasteiger partial charge in [0, 0.05) is 33.3 Å². The van der Waals surface area contributed by atoms with E-state index in [4.69, 9.17) is 9.47 Å². The molecular formula is C17H23FN2O3. The molecule has 0 N–H and O–H groups in total. The fraction of sp³-hybridized carbons (Fsp3) is 0.588. The number of morpholine rings is 1. The number of carbonyl (C=O) groups excluding carboxylic acids is 1. The van der Waals surface area contributed by atoms with Crippen LogP contribution in [-0.4, -0.2) is 74.4 Å². The lowest BCUT2D eigenvalue weighted by atomic mass is 9.98. The summed E-state index contributed by atoms with van der Waals surface area (Å²) in [4.78, 5) is 16.7. The summed E-state index contributed by atoms with van der Waals surface area (Å²) >= 11 is 0. The molecule has 0 bridgehead atoms. The van der Waals surface area contributed by atoms with Gasteiger partial charge in [0.2, 0.25) is 0 Å². The second-order valence-corrected chi connectivity index (χ2v) is 6.03. The molecule has 6 heteroatoms. The number of benzene rings is 1. The van der Waals surface area contributed by atoms with Crippen molar-refractivity contribution in [2.75, 3.05) is 46.5 Å². The number of methoxy groups -OCH3 is 1. The Hall–Kier alpha value is -1.50. The Balaban J connectivity index is 1.71. The minimum Gasteiger partial charge on any atom is -0.383 e. The Labute approximate surface area is 136 Å². The Morgan fingerprint density at radius 2 is 2.22 bits per heavy atom. The highest BCUT2D eigenvalue weighted by Crippen LogP contribution is 2.24. The number of hydrogen-bond donors (Lipinski definition) is 0. The van der Waals surface area contributed by atoms with Crippen LogP contribution in [0.1, 0.15) is 16.8 Å². The zero-order chi connectivity index (χ0) is 16.2. The van der Waals surface area contributed by atoms with Crippen molar-refractivity contribution in [2.45, 2.75) is 18.6 Å². The van der Waals surface area contributed by atoms with E-state index in [1.54, 1.807) is 30.2 Å². The average molecular weight is 322 g/mol. The third-order valence-electron chi connectivity index (χ3n) is 4.67. The normalized spacial score (nSPS) is 25.2. The largest absolute Gasteiger partial charge is 0.383 e. The zero-order valence-corrected chi connectivity index (χ0v) is 13.4. The van der Waals surface area contributed by atoms with Crippen molar-refractivity contribution in [1.29, 1.82) is 0 Å². The molecule has 5 nitrogen and oxygen atoms in total. The van der Waals surface area contributed by atoms with E-state index in [1.165, 1.54) is 6.07 Å². The lowest BCUT2D eigenvalue weighted by Crippen LogP contribution is -2.61. The standard InChI is InChI=1S/C17H23FN2O3/c1-22-10-8-19-9-11-23-16-6-7-20(12-15(16)19)17(21)13-4-2-3-5-14(13)18/h2-5,15-16H,6-12H2,1H3/t15-,16-/m0/s1. The number of carbonyl (C=O) groups is 1. The molecule has 2 fully saturated rings. The van der Waals surface area contributed by atoms with Crippen LogP contribution in [0.25, 0.3) is 0 Å². The molecule has 2 saturated heterocycles. The molecule has 1 amide bonds. The van der Waals surface area contributed by atoms with Gasteiger partial charge in [-0.2, -0.15) is 0 Å². The third kappa shape index (κ3) is 3.54. The van der Waals surface area contributed by atoms with Crippen molar-refractivity contribution in [1.82, 2.24) is 9.80 Å². The Morgan fingerprint density at radius 1 is 1.39 bits per heavy atom. The van der Waals surface area contributed by atoms with Crippen molar-refractivity contribution < 1.29 is 18.7 Å². The summed E-state index contributed by atoms with van der Waals surface area (Å²) in [5, 5.41) is 0. The summed E-state index contributed by atoms with van der Waals surface area (Å²) in [5.41, 5.74) is 0.145. The lowest BCUT2D eigenvalue weighted by Gasteiger charge is -2.47. The molecule has 1 aromatic rings. The fourth-order valence-corrected chi connectivity index (χ4v) is 3.42. The average Bonchev–Trinajstić information content (AvgIpc) is 2.59. The van der Waals surface area contributed by atoms with Gasteiger partial charge in [0.1, 0.15) is 5.82 Å². The molecule has 2 aliphatic rings. The van der Waals surface area contributed by atoms with E-state index in [-0.39, 0.29) is 23.6 Å². The van der Waals surface area contributed by atoms with E-state index < -0.39 is 5.82 Å². The van der Waals surface area contributed by atoms with Gasteiger partial charge in [-0.15, -0.1) is 0 Å². The van der Waals surface area contributed by atoms with E-state index in [9.17, 15) is 9.18 Å². The van der Waals surface area contributed by atoms with Crippen LogP contribution in [0.5, 0.6) is 0 Å². The summed E-state index contributed by atoms with van der Waals surface area (Å²) in [5.74, 6) is -0.699.